The summed E-state index contributed by atoms with van der Waals surface area (Å²) < 4.78 is 2.01. The molecular formula is C24H19ClN4O3S. The van der Waals surface area contributed by atoms with Crippen molar-refractivity contribution in [1.82, 2.24) is 9.99 Å². The number of aromatic nitrogens is 1. The summed E-state index contributed by atoms with van der Waals surface area (Å²) >= 11 is 7.27. The fourth-order valence-corrected chi connectivity index (χ4v) is 4.18. The summed E-state index contributed by atoms with van der Waals surface area (Å²) in [5.74, 6) is 0.0135. The number of non-ortho nitro benzene ring substituents is 1. The van der Waals surface area contributed by atoms with Crippen molar-refractivity contribution in [2.45, 2.75) is 11.4 Å². The lowest BCUT2D eigenvalue weighted by Gasteiger charge is -2.05. The second kappa shape index (κ2) is 10.3. The number of hydrazone groups is 1. The number of amides is 1. The van der Waals surface area contributed by atoms with Crippen LogP contribution >= 0.6 is 23.4 Å². The molecule has 7 nitrogen and oxygen atoms in total. The number of nitrogens with zero attached hydrogens (tertiary/aromatic N) is 3. The van der Waals surface area contributed by atoms with Crippen LogP contribution in [-0.2, 0) is 11.3 Å². The van der Waals surface area contributed by atoms with Crippen molar-refractivity contribution >= 4 is 52.1 Å². The molecule has 1 N–H and O–H groups in total. The van der Waals surface area contributed by atoms with E-state index >= 15 is 0 Å². The van der Waals surface area contributed by atoms with Gasteiger partial charge in [-0.25, -0.2) is 5.43 Å². The second-order valence-corrected chi connectivity index (χ2v) is 8.68. The van der Waals surface area contributed by atoms with Gasteiger partial charge < -0.3 is 4.57 Å². The summed E-state index contributed by atoms with van der Waals surface area (Å²) in [6, 6.07) is 21.7. The highest BCUT2D eigenvalue weighted by molar-refractivity contribution is 8.00. The van der Waals surface area contributed by atoms with E-state index in [1.54, 1.807) is 30.5 Å². The van der Waals surface area contributed by atoms with Crippen LogP contribution in [0.4, 0.5) is 5.69 Å². The Morgan fingerprint density at radius 3 is 2.70 bits per heavy atom. The summed E-state index contributed by atoms with van der Waals surface area (Å²) in [5.41, 5.74) is 5.24. The summed E-state index contributed by atoms with van der Waals surface area (Å²) in [4.78, 5) is 23.8. The lowest BCUT2D eigenvalue weighted by Crippen LogP contribution is -2.19. The summed E-state index contributed by atoms with van der Waals surface area (Å²) in [7, 11) is 0. The van der Waals surface area contributed by atoms with Gasteiger partial charge in [0.15, 0.2) is 0 Å². The molecule has 0 saturated carbocycles. The second-order valence-electron chi connectivity index (χ2n) is 7.19. The molecule has 33 heavy (non-hydrogen) atoms. The average Bonchev–Trinajstić information content (AvgIpc) is 3.16. The lowest BCUT2D eigenvalue weighted by molar-refractivity contribution is -0.384. The first-order valence-electron chi connectivity index (χ1n) is 10.0. The lowest BCUT2D eigenvalue weighted by atomic mass is 10.2. The first kappa shape index (κ1) is 22.6. The van der Waals surface area contributed by atoms with Gasteiger partial charge >= 0.3 is 0 Å². The number of benzene rings is 3. The Labute approximate surface area is 199 Å². The number of para-hydroxylation sites is 1. The number of nitro benzene ring substituents is 1. The van der Waals surface area contributed by atoms with Crippen LogP contribution < -0.4 is 5.43 Å². The van der Waals surface area contributed by atoms with Crippen molar-refractivity contribution in [1.29, 1.82) is 0 Å². The average molecular weight is 479 g/mol. The van der Waals surface area contributed by atoms with Gasteiger partial charge in [0.1, 0.15) is 0 Å². The van der Waals surface area contributed by atoms with E-state index in [1.807, 2.05) is 53.2 Å². The van der Waals surface area contributed by atoms with Crippen molar-refractivity contribution in [3.8, 4) is 0 Å². The molecule has 1 amide bonds. The number of fused-ring (bicyclic) bond motifs is 1. The van der Waals surface area contributed by atoms with Gasteiger partial charge in [-0.1, -0.05) is 41.9 Å². The highest BCUT2D eigenvalue weighted by atomic mass is 35.5. The summed E-state index contributed by atoms with van der Waals surface area (Å²) in [6.07, 6.45) is 3.53. The van der Waals surface area contributed by atoms with Crippen molar-refractivity contribution in [3.63, 3.8) is 0 Å². The molecule has 0 spiro atoms. The Morgan fingerprint density at radius 1 is 1.12 bits per heavy atom. The van der Waals surface area contributed by atoms with Crippen molar-refractivity contribution in [3.05, 3.63) is 105 Å². The fourth-order valence-electron chi connectivity index (χ4n) is 3.36. The topological polar surface area (TPSA) is 89.5 Å². The maximum absolute atomic E-state index is 12.1. The van der Waals surface area contributed by atoms with Crippen molar-refractivity contribution in [2.75, 3.05) is 5.75 Å². The van der Waals surface area contributed by atoms with Gasteiger partial charge in [0.05, 0.1) is 16.9 Å². The molecule has 166 valence electrons. The third-order valence-electron chi connectivity index (χ3n) is 4.87. The number of rotatable bonds is 8. The normalized spacial score (nSPS) is 11.2. The molecule has 9 heteroatoms. The number of nitrogens with one attached hydrogen (secondary N) is 1. The number of hydrogen-bond donors (Lipinski definition) is 1. The molecule has 0 radical (unpaired) electrons. The molecule has 0 aliphatic rings. The molecule has 0 unspecified atom stereocenters. The van der Waals surface area contributed by atoms with Crippen LogP contribution in [0.2, 0.25) is 5.02 Å². The van der Waals surface area contributed by atoms with Crippen LogP contribution in [0.15, 0.2) is 89.0 Å². The van der Waals surface area contributed by atoms with Crippen LogP contribution in [-0.4, -0.2) is 27.4 Å². The maximum atomic E-state index is 12.1. The third kappa shape index (κ3) is 5.79. The van der Waals surface area contributed by atoms with Crippen molar-refractivity contribution in [2.24, 2.45) is 5.10 Å². The molecule has 1 heterocycles. The van der Waals surface area contributed by atoms with Gasteiger partial charge in [-0.05, 0) is 35.9 Å². The number of nitro groups is 1. The molecule has 0 bridgehead atoms. The number of thioether (sulfide) groups is 1. The van der Waals surface area contributed by atoms with Crippen LogP contribution in [0.3, 0.4) is 0 Å². The van der Waals surface area contributed by atoms with Gasteiger partial charge in [-0.2, -0.15) is 5.10 Å². The van der Waals surface area contributed by atoms with Gasteiger partial charge in [-0.3, -0.25) is 14.9 Å². The van der Waals surface area contributed by atoms with E-state index in [1.165, 1.54) is 17.8 Å². The van der Waals surface area contributed by atoms with Gasteiger partial charge in [0.2, 0.25) is 5.91 Å². The van der Waals surface area contributed by atoms with Crippen LogP contribution in [0.5, 0.6) is 0 Å². The minimum Gasteiger partial charge on any atom is -0.342 e. The predicted molar refractivity (Wildman–Crippen MR) is 132 cm³/mol. The Hall–Kier alpha value is -3.62. The van der Waals surface area contributed by atoms with E-state index in [-0.39, 0.29) is 17.3 Å². The molecular weight excluding hydrogens is 460 g/mol. The molecule has 0 saturated heterocycles. The zero-order chi connectivity index (χ0) is 23.2. The molecule has 0 aliphatic heterocycles. The Morgan fingerprint density at radius 2 is 1.91 bits per heavy atom. The molecule has 3 aromatic carbocycles. The van der Waals surface area contributed by atoms with E-state index in [4.69, 9.17) is 11.6 Å². The summed E-state index contributed by atoms with van der Waals surface area (Å²) in [6.45, 7) is 0.472. The third-order valence-corrected chi connectivity index (χ3v) is 6.13. The van der Waals surface area contributed by atoms with Gasteiger partial charge in [0, 0.05) is 51.3 Å². The van der Waals surface area contributed by atoms with Gasteiger partial charge in [0.25, 0.3) is 5.69 Å². The molecule has 4 rings (SSSR count). The van der Waals surface area contributed by atoms with Crippen LogP contribution in [0.25, 0.3) is 10.9 Å². The molecule has 0 fully saturated rings. The smallest absolute Gasteiger partial charge is 0.269 e. The SMILES string of the molecule is O=C(CSc1ccc(Cl)cc1)N/N=C\c1cn(Cc2cccc([N+](=O)[O-])c2)c2ccccc12. The molecule has 4 aromatic rings. The van der Waals surface area contributed by atoms with E-state index in [0.29, 0.717) is 11.6 Å². The zero-order valence-corrected chi connectivity index (χ0v) is 18.9. The molecule has 0 aliphatic carbocycles. The Balaban J connectivity index is 1.45. The molecule has 0 atom stereocenters. The van der Waals surface area contributed by atoms with E-state index in [9.17, 15) is 14.9 Å². The van der Waals surface area contributed by atoms with E-state index in [2.05, 4.69) is 10.5 Å². The first-order chi connectivity index (χ1) is 16.0. The van der Waals surface area contributed by atoms with Gasteiger partial charge in [-0.15, -0.1) is 11.8 Å². The van der Waals surface area contributed by atoms with E-state index in [0.717, 1.165) is 26.9 Å². The molecule has 1 aromatic heterocycles. The monoisotopic (exact) mass is 478 g/mol. The highest BCUT2D eigenvalue weighted by Gasteiger charge is 2.10. The largest absolute Gasteiger partial charge is 0.342 e. The number of halogens is 1. The Bertz CT molecular complexity index is 1340. The first-order valence-corrected chi connectivity index (χ1v) is 11.4. The maximum Gasteiger partial charge on any atom is 0.269 e. The fraction of sp³-hybridized carbons (Fsp3) is 0.0833. The quantitative estimate of drug-likeness (QED) is 0.157. The minimum absolute atomic E-state index is 0.0601. The zero-order valence-electron chi connectivity index (χ0n) is 17.3. The predicted octanol–water partition coefficient (Wildman–Crippen LogP) is 5.49. The number of carbonyl (C=O) groups is 1. The standard InChI is InChI=1S/C24H19ClN4O3S/c25-19-8-10-21(11-9-19)33-16-24(30)27-26-13-18-15-28(23-7-2-1-6-22(18)23)14-17-4-3-5-20(12-17)29(31)32/h1-13,15H,14,16H2,(H,27,30)/b26-13-. The Kier molecular flexibility index (Phi) is 7.07. The van der Waals surface area contributed by atoms with Crippen LogP contribution in [0, 0.1) is 10.1 Å². The minimum atomic E-state index is -0.400. The van der Waals surface area contributed by atoms with E-state index < -0.39 is 4.92 Å². The van der Waals surface area contributed by atoms with Crippen LogP contribution in [0.1, 0.15) is 11.1 Å². The van der Waals surface area contributed by atoms with Crippen molar-refractivity contribution < 1.29 is 9.72 Å². The highest BCUT2D eigenvalue weighted by Crippen LogP contribution is 2.23. The summed E-state index contributed by atoms with van der Waals surface area (Å²) in [5, 5.41) is 16.8. The number of hydrogen-bond acceptors (Lipinski definition) is 5. The number of carbonyl (C=O) groups excluding carboxylic acids is 1.